The number of nitriles is 1. The maximum Gasteiger partial charge on any atom is 0.410 e. The number of halogens is 1. The maximum absolute atomic E-state index is 12.3. The SMILES string of the molecule is CC(C)(C)OC(=O)N1CCc2c(ncnc2Oc2cccc(C#N)c2Cl)C1. The summed E-state index contributed by atoms with van der Waals surface area (Å²) in [6.07, 6.45) is 1.54. The monoisotopic (exact) mass is 386 g/mol. The van der Waals surface area contributed by atoms with E-state index in [-0.39, 0.29) is 11.1 Å². The van der Waals surface area contributed by atoms with E-state index < -0.39 is 5.60 Å². The van der Waals surface area contributed by atoms with E-state index in [9.17, 15) is 4.79 Å². The molecule has 7 nitrogen and oxygen atoms in total. The molecular weight excluding hydrogens is 368 g/mol. The summed E-state index contributed by atoms with van der Waals surface area (Å²) in [6.45, 7) is 6.27. The van der Waals surface area contributed by atoms with Gasteiger partial charge in [0.2, 0.25) is 5.88 Å². The Morgan fingerprint density at radius 3 is 2.81 bits per heavy atom. The van der Waals surface area contributed by atoms with Crippen LogP contribution in [0.2, 0.25) is 5.02 Å². The quantitative estimate of drug-likeness (QED) is 0.772. The van der Waals surface area contributed by atoms with Crippen molar-refractivity contribution in [1.29, 1.82) is 5.26 Å². The van der Waals surface area contributed by atoms with Gasteiger partial charge >= 0.3 is 6.09 Å². The van der Waals surface area contributed by atoms with Gasteiger partial charge < -0.3 is 14.4 Å². The van der Waals surface area contributed by atoms with E-state index in [4.69, 9.17) is 26.3 Å². The Morgan fingerprint density at radius 1 is 1.33 bits per heavy atom. The molecule has 1 aromatic carbocycles. The number of hydrogen-bond acceptors (Lipinski definition) is 6. The van der Waals surface area contributed by atoms with Crippen LogP contribution in [0.25, 0.3) is 0 Å². The lowest BCUT2D eigenvalue weighted by Gasteiger charge is -2.30. The molecule has 1 amide bonds. The molecule has 0 bridgehead atoms. The second kappa shape index (κ2) is 7.41. The first-order valence-corrected chi connectivity index (χ1v) is 8.83. The summed E-state index contributed by atoms with van der Waals surface area (Å²) >= 11 is 6.21. The molecule has 0 atom stereocenters. The maximum atomic E-state index is 12.3. The minimum atomic E-state index is -0.556. The Hall–Kier alpha value is -2.85. The molecule has 0 aliphatic carbocycles. The molecule has 0 spiro atoms. The molecule has 0 saturated carbocycles. The summed E-state index contributed by atoms with van der Waals surface area (Å²) in [5.74, 6) is 0.729. The number of benzene rings is 1. The van der Waals surface area contributed by atoms with Crippen LogP contribution >= 0.6 is 11.6 Å². The molecule has 2 heterocycles. The number of nitrogens with zero attached hydrogens (tertiary/aromatic N) is 4. The lowest BCUT2D eigenvalue weighted by Crippen LogP contribution is -2.40. The van der Waals surface area contributed by atoms with E-state index in [0.717, 1.165) is 5.56 Å². The lowest BCUT2D eigenvalue weighted by molar-refractivity contribution is 0.0219. The van der Waals surface area contributed by atoms with Crippen molar-refractivity contribution in [2.24, 2.45) is 0 Å². The number of amides is 1. The van der Waals surface area contributed by atoms with Crippen molar-refractivity contribution in [3.8, 4) is 17.7 Å². The second-order valence-corrected chi connectivity index (χ2v) is 7.47. The number of hydrogen-bond donors (Lipinski definition) is 0. The smallest absolute Gasteiger partial charge is 0.410 e. The third-order valence-electron chi connectivity index (χ3n) is 3.91. The Bertz CT molecular complexity index is 918. The van der Waals surface area contributed by atoms with Gasteiger partial charge in [0.05, 0.1) is 17.8 Å². The highest BCUT2D eigenvalue weighted by Gasteiger charge is 2.28. The van der Waals surface area contributed by atoms with Gasteiger partial charge in [0.1, 0.15) is 28.8 Å². The molecule has 27 heavy (non-hydrogen) atoms. The van der Waals surface area contributed by atoms with Crippen molar-refractivity contribution >= 4 is 17.7 Å². The van der Waals surface area contributed by atoms with E-state index >= 15 is 0 Å². The van der Waals surface area contributed by atoms with Crippen LogP contribution in [0.15, 0.2) is 24.5 Å². The molecule has 0 saturated heterocycles. The molecular formula is C19H19ClN4O3. The molecule has 0 fully saturated rings. The number of rotatable bonds is 2. The van der Waals surface area contributed by atoms with Gasteiger partial charge in [-0.2, -0.15) is 5.26 Å². The fraction of sp³-hybridized carbons (Fsp3) is 0.368. The summed E-state index contributed by atoms with van der Waals surface area (Å²) in [7, 11) is 0. The standard InChI is InChI=1S/C19H19ClN4O3/c1-19(2,3)27-18(25)24-8-7-13-14(10-24)22-11-23-17(13)26-15-6-4-5-12(9-21)16(15)20/h4-6,11H,7-8,10H2,1-3H3. The van der Waals surface area contributed by atoms with Crippen LogP contribution in [0.1, 0.15) is 37.6 Å². The van der Waals surface area contributed by atoms with Gasteiger partial charge in [0.25, 0.3) is 0 Å². The van der Waals surface area contributed by atoms with Gasteiger partial charge in [0, 0.05) is 12.1 Å². The highest BCUT2D eigenvalue weighted by atomic mass is 35.5. The zero-order valence-corrected chi connectivity index (χ0v) is 16.1. The molecule has 1 aromatic heterocycles. The molecule has 0 radical (unpaired) electrons. The van der Waals surface area contributed by atoms with E-state index in [0.29, 0.717) is 42.4 Å². The van der Waals surface area contributed by atoms with Crippen molar-refractivity contribution in [2.45, 2.75) is 39.3 Å². The topological polar surface area (TPSA) is 88.3 Å². The van der Waals surface area contributed by atoms with Crippen LogP contribution in [-0.2, 0) is 17.7 Å². The van der Waals surface area contributed by atoms with Crippen LogP contribution in [0.3, 0.4) is 0 Å². The van der Waals surface area contributed by atoms with Crippen LogP contribution < -0.4 is 4.74 Å². The summed E-state index contributed by atoms with van der Waals surface area (Å²) in [4.78, 5) is 22.4. The van der Waals surface area contributed by atoms with Crippen molar-refractivity contribution in [3.05, 3.63) is 46.4 Å². The summed E-state index contributed by atoms with van der Waals surface area (Å²) < 4.78 is 11.3. The molecule has 3 rings (SSSR count). The number of aromatic nitrogens is 2. The Labute approximate surface area is 162 Å². The van der Waals surface area contributed by atoms with Crippen molar-refractivity contribution < 1.29 is 14.3 Å². The first kappa shape index (κ1) is 18.9. The average molecular weight is 387 g/mol. The van der Waals surface area contributed by atoms with Crippen molar-refractivity contribution in [2.75, 3.05) is 6.54 Å². The fourth-order valence-electron chi connectivity index (χ4n) is 2.67. The molecule has 8 heteroatoms. The number of carbonyl (C=O) groups is 1. The zero-order valence-electron chi connectivity index (χ0n) is 15.3. The summed E-state index contributed by atoms with van der Waals surface area (Å²) in [5, 5.41) is 9.33. The highest BCUT2D eigenvalue weighted by Crippen LogP contribution is 2.34. The molecule has 0 unspecified atom stereocenters. The summed E-state index contributed by atoms with van der Waals surface area (Å²) in [5.41, 5.74) is 1.29. The van der Waals surface area contributed by atoms with Crippen LogP contribution in [0, 0.1) is 11.3 Å². The van der Waals surface area contributed by atoms with Gasteiger partial charge in [0.15, 0.2) is 0 Å². The van der Waals surface area contributed by atoms with Gasteiger partial charge in [-0.05, 0) is 39.3 Å². The predicted octanol–water partition coefficient (Wildman–Crippen LogP) is 4.09. The van der Waals surface area contributed by atoms with Crippen molar-refractivity contribution in [3.63, 3.8) is 0 Å². The first-order chi connectivity index (χ1) is 12.8. The minimum Gasteiger partial charge on any atom is -0.444 e. The van der Waals surface area contributed by atoms with E-state index in [2.05, 4.69) is 9.97 Å². The molecule has 0 N–H and O–H groups in total. The Kier molecular flexibility index (Phi) is 5.19. The van der Waals surface area contributed by atoms with E-state index in [1.165, 1.54) is 6.33 Å². The van der Waals surface area contributed by atoms with Gasteiger partial charge in [-0.3, -0.25) is 0 Å². The van der Waals surface area contributed by atoms with Gasteiger partial charge in [-0.15, -0.1) is 0 Å². The molecule has 1 aliphatic heterocycles. The fourth-order valence-corrected chi connectivity index (χ4v) is 2.88. The number of fused-ring (bicyclic) bond motifs is 1. The number of ether oxygens (including phenoxy) is 2. The van der Waals surface area contributed by atoms with Crippen molar-refractivity contribution in [1.82, 2.24) is 14.9 Å². The third kappa shape index (κ3) is 4.29. The third-order valence-corrected chi connectivity index (χ3v) is 4.30. The van der Waals surface area contributed by atoms with Gasteiger partial charge in [-0.25, -0.2) is 14.8 Å². The lowest BCUT2D eigenvalue weighted by atomic mass is 10.1. The average Bonchev–Trinajstić information content (AvgIpc) is 2.62. The van der Waals surface area contributed by atoms with E-state index in [1.807, 2.05) is 26.8 Å². The molecule has 1 aliphatic rings. The largest absolute Gasteiger partial charge is 0.444 e. The molecule has 2 aromatic rings. The number of carbonyl (C=O) groups excluding carboxylic acids is 1. The first-order valence-electron chi connectivity index (χ1n) is 8.45. The minimum absolute atomic E-state index is 0.235. The van der Waals surface area contributed by atoms with Crippen LogP contribution in [0.4, 0.5) is 4.79 Å². The van der Waals surface area contributed by atoms with E-state index in [1.54, 1.807) is 23.1 Å². The van der Waals surface area contributed by atoms with Crippen LogP contribution in [0.5, 0.6) is 11.6 Å². The van der Waals surface area contributed by atoms with Gasteiger partial charge in [-0.1, -0.05) is 17.7 Å². The Morgan fingerprint density at radius 2 is 2.11 bits per heavy atom. The highest BCUT2D eigenvalue weighted by molar-refractivity contribution is 6.33. The van der Waals surface area contributed by atoms with Crippen LogP contribution in [-0.4, -0.2) is 33.1 Å². The predicted molar refractivity (Wildman–Crippen MR) is 98.6 cm³/mol. The summed E-state index contributed by atoms with van der Waals surface area (Å²) in [6, 6.07) is 7.00. The molecule has 140 valence electrons. The normalized spacial score (nSPS) is 13.5. The zero-order chi connectivity index (χ0) is 19.6. The second-order valence-electron chi connectivity index (χ2n) is 7.09. The Balaban J connectivity index is 1.82.